The minimum Gasteiger partial charge on any atom is -0.493 e. The van der Waals surface area contributed by atoms with Crippen LogP contribution in [0.25, 0.3) is 0 Å². The molecule has 0 aliphatic carbocycles. The Morgan fingerprint density at radius 3 is 2.65 bits per heavy atom. The molecule has 0 aliphatic rings. The van der Waals surface area contributed by atoms with E-state index in [1.807, 2.05) is 5.38 Å². The Labute approximate surface area is 153 Å². The molecule has 0 spiro atoms. The first-order valence-electron chi connectivity index (χ1n) is 7.64. The van der Waals surface area contributed by atoms with Crippen LogP contribution >= 0.6 is 11.3 Å². The zero-order valence-electron chi connectivity index (χ0n) is 13.8. The third kappa shape index (κ3) is 4.46. The first-order valence-corrected chi connectivity index (χ1v) is 8.52. The fraction of sp³-hybridized carbons (Fsp3) is 0.0526. The smallest absolute Gasteiger partial charge is 0.353 e. The zero-order chi connectivity index (χ0) is 18.4. The number of carbonyl (C=O) groups excluding carboxylic acids is 1. The predicted molar refractivity (Wildman–Crippen MR) is 99.9 cm³/mol. The second-order valence-electron chi connectivity index (χ2n) is 5.15. The van der Waals surface area contributed by atoms with Crippen molar-refractivity contribution in [3.8, 4) is 11.5 Å². The number of nitrogens with one attached hydrogen (secondary N) is 1. The summed E-state index contributed by atoms with van der Waals surface area (Å²) in [5, 5.41) is 5.90. The highest BCUT2D eigenvalue weighted by molar-refractivity contribution is 7.12. The van der Waals surface area contributed by atoms with Crippen LogP contribution in [0.4, 0.5) is 10.1 Å². The Kier molecular flexibility index (Phi) is 5.60. The van der Waals surface area contributed by atoms with Crippen molar-refractivity contribution in [1.29, 1.82) is 0 Å². The van der Waals surface area contributed by atoms with Crippen molar-refractivity contribution in [2.24, 2.45) is 5.10 Å². The van der Waals surface area contributed by atoms with Gasteiger partial charge in [0.2, 0.25) is 0 Å². The summed E-state index contributed by atoms with van der Waals surface area (Å²) in [5.41, 5.74) is 4.21. The molecule has 0 atom stereocenters. The van der Waals surface area contributed by atoms with Gasteiger partial charge in [-0.1, -0.05) is 6.07 Å². The summed E-state index contributed by atoms with van der Waals surface area (Å²) < 4.78 is 23.5. The number of methoxy groups -OCH3 is 1. The van der Waals surface area contributed by atoms with Crippen LogP contribution in [-0.2, 0) is 0 Å². The summed E-state index contributed by atoms with van der Waals surface area (Å²) >= 11 is 1.31. The fourth-order valence-corrected chi connectivity index (χ4v) is 2.70. The quantitative estimate of drug-likeness (QED) is 0.299. The van der Waals surface area contributed by atoms with Crippen LogP contribution in [0, 0.1) is 5.82 Å². The molecule has 3 rings (SSSR count). The zero-order valence-corrected chi connectivity index (χ0v) is 14.6. The van der Waals surface area contributed by atoms with Gasteiger partial charge < -0.3 is 9.47 Å². The number of hydrogen-bond acceptors (Lipinski definition) is 6. The molecule has 1 heterocycles. The number of esters is 1. The van der Waals surface area contributed by atoms with Gasteiger partial charge in [0.15, 0.2) is 11.5 Å². The van der Waals surface area contributed by atoms with Gasteiger partial charge in [0.05, 0.1) is 19.0 Å². The lowest BCUT2D eigenvalue weighted by Gasteiger charge is -2.09. The number of halogens is 1. The summed E-state index contributed by atoms with van der Waals surface area (Å²) in [6, 6.07) is 14.4. The van der Waals surface area contributed by atoms with E-state index in [0.29, 0.717) is 22.1 Å². The van der Waals surface area contributed by atoms with Crippen molar-refractivity contribution in [2.45, 2.75) is 0 Å². The Bertz CT molecular complexity index is 909. The van der Waals surface area contributed by atoms with Crippen molar-refractivity contribution in [2.75, 3.05) is 12.5 Å². The average Bonchev–Trinajstić information content (AvgIpc) is 3.19. The second-order valence-corrected chi connectivity index (χ2v) is 6.10. The molecule has 0 saturated heterocycles. The molecule has 26 heavy (non-hydrogen) atoms. The van der Waals surface area contributed by atoms with Crippen molar-refractivity contribution in [3.05, 3.63) is 76.2 Å². The van der Waals surface area contributed by atoms with Crippen LogP contribution in [0.15, 0.2) is 65.1 Å². The molecule has 0 radical (unpaired) electrons. The third-order valence-electron chi connectivity index (χ3n) is 3.36. The predicted octanol–water partition coefficient (Wildman–Crippen LogP) is 4.56. The highest BCUT2D eigenvalue weighted by Gasteiger charge is 2.13. The van der Waals surface area contributed by atoms with E-state index in [-0.39, 0.29) is 5.82 Å². The fourth-order valence-electron chi connectivity index (χ4n) is 2.10. The normalized spacial score (nSPS) is 10.7. The first kappa shape index (κ1) is 17.6. The van der Waals surface area contributed by atoms with Gasteiger partial charge in [-0.15, -0.1) is 11.3 Å². The van der Waals surface area contributed by atoms with E-state index in [0.717, 1.165) is 5.56 Å². The van der Waals surface area contributed by atoms with E-state index in [1.165, 1.54) is 30.6 Å². The third-order valence-corrected chi connectivity index (χ3v) is 4.21. The topological polar surface area (TPSA) is 59.9 Å². The lowest BCUT2D eigenvalue weighted by Crippen LogP contribution is -2.07. The maximum Gasteiger partial charge on any atom is 0.353 e. The van der Waals surface area contributed by atoms with Crippen LogP contribution in [-0.4, -0.2) is 19.3 Å². The van der Waals surface area contributed by atoms with Gasteiger partial charge in [0.25, 0.3) is 0 Å². The maximum atomic E-state index is 12.9. The molecule has 1 N–H and O–H groups in total. The average molecular weight is 370 g/mol. The standard InChI is InChI=1S/C19H15FN2O3S/c1-24-17-11-13(12-21-22-15-7-5-14(20)6-8-15)4-9-16(17)25-19(23)18-3-2-10-26-18/h2-12,22H,1H3/b21-12+. The van der Waals surface area contributed by atoms with Crippen LogP contribution in [0.1, 0.15) is 15.2 Å². The van der Waals surface area contributed by atoms with Crippen LogP contribution in [0.5, 0.6) is 11.5 Å². The van der Waals surface area contributed by atoms with Gasteiger partial charge in [-0.3, -0.25) is 5.43 Å². The molecule has 0 saturated carbocycles. The van der Waals surface area contributed by atoms with Gasteiger partial charge in [-0.25, -0.2) is 9.18 Å². The second kappa shape index (κ2) is 8.26. The van der Waals surface area contributed by atoms with Gasteiger partial charge in [-0.2, -0.15) is 5.10 Å². The minimum absolute atomic E-state index is 0.308. The number of rotatable bonds is 6. The molecule has 3 aromatic rings. The molecule has 1 aromatic heterocycles. The number of nitrogens with zero attached hydrogens (tertiary/aromatic N) is 1. The summed E-state index contributed by atoms with van der Waals surface area (Å²) in [7, 11) is 1.50. The van der Waals surface area contributed by atoms with Gasteiger partial charge in [0.1, 0.15) is 10.7 Å². The minimum atomic E-state index is -0.433. The maximum absolute atomic E-state index is 12.9. The molecule has 0 unspecified atom stereocenters. The monoisotopic (exact) mass is 370 g/mol. The molecule has 2 aromatic carbocycles. The van der Waals surface area contributed by atoms with Gasteiger partial charge in [-0.05, 0) is 59.5 Å². The number of thiophene rings is 1. The van der Waals surface area contributed by atoms with Crippen LogP contribution in [0.3, 0.4) is 0 Å². The van der Waals surface area contributed by atoms with E-state index in [4.69, 9.17) is 9.47 Å². The van der Waals surface area contributed by atoms with E-state index >= 15 is 0 Å². The molecule has 0 fully saturated rings. The highest BCUT2D eigenvalue weighted by Crippen LogP contribution is 2.28. The number of benzene rings is 2. The summed E-state index contributed by atoms with van der Waals surface area (Å²) in [6.07, 6.45) is 1.58. The number of hydrazone groups is 1. The van der Waals surface area contributed by atoms with Gasteiger partial charge >= 0.3 is 5.97 Å². The Balaban J connectivity index is 1.68. The van der Waals surface area contributed by atoms with Crippen molar-refractivity contribution >= 4 is 29.2 Å². The Hall–Kier alpha value is -3.19. The number of anilines is 1. The molecule has 7 heteroatoms. The van der Waals surface area contributed by atoms with Crippen molar-refractivity contribution < 1.29 is 18.7 Å². The first-order chi connectivity index (χ1) is 12.7. The van der Waals surface area contributed by atoms with Crippen LogP contribution in [0.2, 0.25) is 0 Å². The Morgan fingerprint density at radius 2 is 1.96 bits per heavy atom. The van der Waals surface area contributed by atoms with Crippen LogP contribution < -0.4 is 14.9 Å². The largest absolute Gasteiger partial charge is 0.493 e. The van der Waals surface area contributed by atoms with E-state index in [2.05, 4.69) is 10.5 Å². The van der Waals surface area contributed by atoms with Crippen molar-refractivity contribution in [1.82, 2.24) is 0 Å². The molecular formula is C19H15FN2O3S. The molecule has 132 valence electrons. The SMILES string of the molecule is COc1cc(/C=N/Nc2ccc(F)cc2)ccc1OC(=O)c1cccs1. The molecule has 0 bridgehead atoms. The van der Waals surface area contributed by atoms with Gasteiger partial charge in [0, 0.05) is 0 Å². The summed E-state index contributed by atoms with van der Waals surface area (Å²) in [4.78, 5) is 12.6. The highest BCUT2D eigenvalue weighted by atomic mass is 32.1. The van der Waals surface area contributed by atoms with E-state index in [9.17, 15) is 9.18 Å². The molecule has 0 aliphatic heterocycles. The molecule has 5 nitrogen and oxygen atoms in total. The van der Waals surface area contributed by atoms with E-state index < -0.39 is 5.97 Å². The van der Waals surface area contributed by atoms with E-state index in [1.54, 1.807) is 48.7 Å². The summed E-state index contributed by atoms with van der Waals surface area (Å²) in [6.45, 7) is 0. The Morgan fingerprint density at radius 1 is 1.15 bits per heavy atom. The number of carbonyl (C=O) groups is 1. The molecular weight excluding hydrogens is 355 g/mol. The number of ether oxygens (including phenoxy) is 2. The lowest BCUT2D eigenvalue weighted by molar-refractivity contribution is 0.0735. The lowest BCUT2D eigenvalue weighted by atomic mass is 10.2. The summed E-state index contributed by atoms with van der Waals surface area (Å²) in [5.74, 6) is 0.00447. The molecule has 0 amide bonds. The number of hydrogen-bond donors (Lipinski definition) is 1. The van der Waals surface area contributed by atoms with Crippen molar-refractivity contribution in [3.63, 3.8) is 0 Å².